The van der Waals surface area contributed by atoms with Crippen LogP contribution in [0.3, 0.4) is 0 Å². The van der Waals surface area contributed by atoms with Crippen LogP contribution in [0.5, 0.6) is 0 Å². The van der Waals surface area contributed by atoms with Gasteiger partial charge in [-0.2, -0.15) is 0 Å². The summed E-state index contributed by atoms with van der Waals surface area (Å²) in [5, 5.41) is 9.05. The first kappa shape index (κ1) is 22.5. The van der Waals surface area contributed by atoms with Crippen molar-refractivity contribution in [1.82, 2.24) is 19.6 Å². The number of likely N-dealkylation sites (N-methyl/N-ethyl adjacent to an activating group) is 1. The Hall–Kier alpha value is -2.69. The Morgan fingerprint density at radius 3 is 2.62 bits per heavy atom. The van der Waals surface area contributed by atoms with Gasteiger partial charge in [0.05, 0.1) is 26.4 Å². The number of carbonyl (C=O) groups excluding carboxylic acids is 2. The second-order valence-electron chi connectivity index (χ2n) is 7.83. The number of urea groups is 1. The van der Waals surface area contributed by atoms with Crippen LogP contribution in [0, 0.1) is 5.82 Å². The molecule has 2 atom stereocenters. The molecule has 3 amide bonds. The number of aliphatic imine (C=N–C) groups is 1. The molecule has 2 unspecified atom stereocenters. The third-order valence-corrected chi connectivity index (χ3v) is 6.43. The van der Waals surface area contributed by atoms with Crippen LogP contribution in [0.25, 0.3) is 0 Å². The van der Waals surface area contributed by atoms with Crippen LogP contribution in [0.2, 0.25) is 5.02 Å². The van der Waals surface area contributed by atoms with E-state index < -0.39 is 30.0 Å². The van der Waals surface area contributed by atoms with Crippen LogP contribution in [-0.4, -0.2) is 88.2 Å². The molecule has 9 nitrogen and oxygen atoms in total. The number of benzene rings is 1. The van der Waals surface area contributed by atoms with E-state index in [1.165, 1.54) is 23.1 Å². The highest BCUT2D eigenvalue weighted by Crippen LogP contribution is 2.38. The number of amides is 3. The van der Waals surface area contributed by atoms with Gasteiger partial charge in [-0.05, 0) is 26.0 Å². The molecule has 0 bridgehead atoms. The maximum Gasteiger partial charge on any atom is 0.328 e. The Bertz CT molecular complexity index is 996. The highest BCUT2D eigenvalue weighted by Gasteiger charge is 2.55. The molecule has 1 fully saturated rings. The van der Waals surface area contributed by atoms with Crippen molar-refractivity contribution in [2.75, 3.05) is 33.4 Å². The van der Waals surface area contributed by atoms with Gasteiger partial charge in [0.25, 0.3) is 5.91 Å². The Morgan fingerprint density at radius 2 is 1.94 bits per heavy atom. The number of ether oxygens (including phenoxy) is 1. The van der Waals surface area contributed by atoms with Gasteiger partial charge in [-0.25, -0.2) is 14.2 Å². The number of allylic oxidation sites excluding steroid dienone is 2. The normalized spacial score (nSPS) is 22.8. The summed E-state index contributed by atoms with van der Waals surface area (Å²) in [4.78, 5) is 37.4. The minimum Gasteiger partial charge on any atom is -0.394 e. The van der Waals surface area contributed by atoms with Crippen molar-refractivity contribution in [3.8, 4) is 0 Å². The number of aliphatic hydroxyl groups excluding tert-OH is 1. The van der Waals surface area contributed by atoms with Gasteiger partial charge >= 0.3 is 6.03 Å². The second-order valence-corrected chi connectivity index (χ2v) is 8.24. The summed E-state index contributed by atoms with van der Waals surface area (Å²) in [5.41, 5.74) is 1.86. The smallest absolute Gasteiger partial charge is 0.328 e. The van der Waals surface area contributed by atoms with Gasteiger partial charge in [-0.15, -0.1) is 0 Å². The lowest BCUT2D eigenvalue weighted by atomic mass is 10.1. The summed E-state index contributed by atoms with van der Waals surface area (Å²) in [6.45, 7) is 4.58. The summed E-state index contributed by atoms with van der Waals surface area (Å²) >= 11 is 6.14. The number of aliphatic hydroxyl groups is 1. The molecule has 0 aliphatic carbocycles. The fourth-order valence-corrected chi connectivity index (χ4v) is 4.48. The fraction of sp³-hybridized carbons (Fsp3) is 0.476. The van der Waals surface area contributed by atoms with Crippen molar-refractivity contribution in [3.05, 3.63) is 46.0 Å². The predicted molar refractivity (Wildman–Crippen MR) is 115 cm³/mol. The van der Waals surface area contributed by atoms with Crippen molar-refractivity contribution >= 4 is 29.5 Å². The molecule has 0 aromatic heterocycles. The number of fused-ring (bicyclic) bond motifs is 3. The average molecular weight is 466 g/mol. The zero-order valence-electron chi connectivity index (χ0n) is 18.1. The molecule has 1 saturated heterocycles. The van der Waals surface area contributed by atoms with E-state index in [1.54, 1.807) is 7.05 Å². The zero-order chi connectivity index (χ0) is 23.2. The average Bonchev–Trinajstić information content (AvgIpc) is 3.25. The Labute approximate surface area is 190 Å². The van der Waals surface area contributed by atoms with Crippen LogP contribution in [-0.2, 0) is 16.1 Å². The van der Waals surface area contributed by atoms with E-state index in [0.29, 0.717) is 19.1 Å². The number of rotatable bonds is 7. The highest BCUT2D eigenvalue weighted by molar-refractivity contribution is 6.31. The SMILES string of the molecule is CC1=C(C)N2C(=NC3C2C(=O)N(Cc2c(F)cccc2Cl)C(=O)N3C)N1CCOCCO. The first-order chi connectivity index (χ1) is 15.3. The fourth-order valence-electron chi connectivity index (χ4n) is 4.26. The number of imide groups is 1. The van der Waals surface area contributed by atoms with E-state index in [4.69, 9.17) is 26.4 Å². The lowest BCUT2D eigenvalue weighted by Crippen LogP contribution is -2.64. The first-order valence-electron chi connectivity index (χ1n) is 10.3. The van der Waals surface area contributed by atoms with E-state index in [2.05, 4.69) is 0 Å². The summed E-state index contributed by atoms with van der Waals surface area (Å²) in [7, 11) is 1.58. The lowest BCUT2D eigenvalue weighted by Gasteiger charge is -2.40. The molecule has 1 aromatic rings. The number of hydrogen-bond acceptors (Lipinski definition) is 7. The van der Waals surface area contributed by atoms with Gasteiger partial charge in [0, 0.05) is 35.6 Å². The highest BCUT2D eigenvalue weighted by atomic mass is 35.5. The third-order valence-electron chi connectivity index (χ3n) is 6.08. The molecule has 0 radical (unpaired) electrons. The topological polar surface area (TPSA) is 88.9 Å². The van der Waals surface area contributed by atoms with Crippen molar-refractivity contribution in [1.29, 1.82) is 0 Å². The minimum atomic E-state index is -0.753. The van der Waals surface area contributed by atoms with Gasteiger partial charge in [-0.3, -0.25) is 14.6 Å². The molecule has 32 heavy (non-hydrogen) atoms. The number of hydrogen-bond donors (Lipinski definition) is 1. The van der Waals surface area contributed by atoms with Gasteiger partial charge < -0.3 is 19.6 Å². The number of carbonyl (C=O) groups is 2. The van der Waals surface area contributed by atoms with Crippen molar-refractivity contribution in [2.45, 2.75) is 32.6 Å². The van der Waals surface area contributed by atoms with E-state index >= 15 is 0 Å². The van der Waals surface area contributed by atoms with E-state index in [0.717, 1.165) is 16.3 Å². The van der Waals surface area contributed by atoms with Gasteiger partial charge in [0.15, 0.2) is 12.2 Å². The van der Waals surface area contributed by atoms with E-state index in [1.807, 2.05) is 23.6 Å². The monoisotopic (exact) mass is 465 g/mol. The van der Waals surface area contributed by atoms with Crippen LogP contribution in [0.15, 0.2) is 34.6 Å². The molecular formula is C21H25ClFN5O4. The molecule has 4 rings (SSSR count). The third kappa shape index (κ3) is 3.52. The molecule has 0 saturated carbocycles. The Morgan fingerprint density at radius 1 is 1.19 bits per heavy atom. The maximum absolute atomic E-state index is 14.4. The summed E-state index contributed by atoms with van der Waals surface area (Å²) in [6.07, 6.45) is -0.693. The molecule has 11 heteroatoms. The van der Waals surface area contributed by atoms with E-state index in [-0.39, 0.29) is 30.3 Å². The molecule has 3 aliphatic heterocycles. The number of halogens is 2. The van der Waals surface area contributed by atoms with Crippen LogP contribution < -0.4 is 0 Å². The van der Waals surface area contributed by atoms with Crippen molar-refractivity contribution in [3.63, 3.8) is 0 Å². The molecule has 3 aliphatic rings. The summed E-state index contributed by atoms with van der Waals surface area (Å²) in [6, 6.07) is 2.93. The Kier molecular flexibility index (Phi) is 6.11. The molecule has 172 valence electrons. The molecule has 0 spiro atoms. The zero-order valence-corrected chi connectivity index (χ0v) is 18.8. The minimum absolute atomic E-state index is 0.0612. The van der Waals surface area contributed by atoms with E-state index in [9.17, 15) is 14.0 Å². The van der Waals surface area contributed by atoms with Crippen LogP contribution in [0.1, 0.15) is 19.4 Å². The molecule has 1 aromatic carbocycles. The summed E-state index contributed by atoms with van der Waals surface area (Å²) < 4.78 is 19.7. The second kappa shape index (κ2) is 8.68. The van der Waals surface area contributed by atoms with Crippen LogP contribution >= 0.6 is 11.6 Å². The van der Waals surface area contributed by atoms with Crippen molar-refractivity contribution in [2.24, 2.45) is 4.99 Å². The Balaban J connectivity index is 1.61. The van der Waals surface area contributed by atoms with Gasteiger partial charge in [-0.1, -0.05) is 17.7 Å². The van der Waals surface area contributed by atoms with Gasteiger partial charge in [0.2, 0.25) is 5.96 Å². The predicted octanol–water partition coefficient (Wildman–Crippen LogP) is 1.82. The number of guanidine groups is 1. The maximum atomic E-state index is 14.4. The lowest BCUT2D eigenvalue weighted by molar-refractivity contribution is -0.137. The largest absolute Gasteiger partial charge is 0.394 e. The standard InChI is InChI=1S/C21H25ClFN5O4/c1-12-13(2)28-17-18(24-20(28)26(12)7-9-32-10-8-29)25(3)21(31)27(19(17)30)11-14-15(22)5-4-6-16(14)23/h4-6,17-18,29H,7-11H2,1-3H3. The van der Waals surface area contributed by atoms with Crippen LogP contribution in [0.4, 0.5) is 9.18 Å². The summed E-state index contributed by atoms with van der Waals surface area (Å²) in [5.74, 6) is -0.462. The van der Waals surface area contributed by atoms with Gasteiger partial charge in [0.1, 0.15) is 5.82 Å². The molecular weight excluding hydrogens is 441 g/mol. The molecule has 3 heterocycles. The first-order valence-corrected chi connectivity index (χ1v) is 10.7. The number of nitrogens with zero attached hydrogens (tertiary/aromatic N) is 5. The van der Waals surface area contributed by atoms with Crippen molar-refractivity contribution < 1.29 is 23.8 Å². The molecule has 1 N–H and O–H groups in total. The quantitative estimate of drug-likeness (QED) is 0.618.